The van der Waals surface area contributed by atoms with Crippen molar-refractivity contribution in [1.82, 2.24) is 15.2 Å². The van der Waals surface area contributed by atoms with Crippen molar-refractivity contribution in [2.24, 2.45) is 5.92 Å². The number of carbonyl (C=O) groups is 1. The molecule has 2 aliphatic heterocycles. The zero-order valence-electron chi connectivity index (χ0n) is 16.1. The molecule has 2 aromatic rings. The molecule has 5 nitrogen and oxygen atoms in total. The number of ether oxygens (including phenoxy) is 1. The molecule has 1 aliphatic carbocycles. The van der Waals surface area contributed by atoms with E-state index in [0.29, 0.717) is 18.1 Å². The predicted molar refractivity (Wildman–Crippen MR) is 105 cm³/mol. The summed E-state index contributed by atoms with van der Waals surface area (Å²) in [5, 5.41) is 4.32. The lowest BCUT2D eigenvalue weighted by Gasteiger charge is -2.51. The Balaban J connectivity index is 1.44. The zero-order valence-corrected chi connectivity index (χ0v) is 16.1. The first-order chi connectivity index (χ1) is 13.1. The van der Waals surface area contributed by atoms with Crippen LogP contribution in [0.3, 0.4) is 0 Å². The highest BCUT2D eigenvalue weighted by Gasteiger charge is 2.56. The number of benzene rings is 1. The van der Waals surface area contributed by atoms with Gasteiger partial charge in [-0.3, -0.25) is 14.7 Å². The van der Waals surface area contributed by atoms with Gasteiger partial charge in [-0.1, -0.05) is 11.6 Å². The summed E-state index contributed by atoms with van der Waals surface area (Å²) >= 11 is 0. The summed E-state index contributed by atoms with van der Waals surface area (Å²) in [6, 6.07) is 8.56. The van der Waals surface area contributed by atoms with Gasteiger partial charge in [-0.25, -0.2) is 0 Å². The van der Waals surface area contributed by atoms with Crippen LogP contribution in [0.15, 0.2) is 24.3 Å². The van der Waals surface area contributed by atoms with Gasteiger partial charge in [-0.2, -0.15) is 0 Å². The lowest BCUT2D eigenvalue weighted by molar-refractivity contribution is -0.0747. The smallest absolute Gasteiger partial charge is 0.252 e. The number of aryl methyl sites for hydroxylation is 2. The summed E-state index contributed by atoms with van der Waals surface area (Å²) in [6.07, 6.45) is 3.85. The van der Waals surface area contributed by atoms with Crippen molar-refractivity contribution in [3.63, 3.8) is 0 Å². The largest absolute Gasteiger partial charge is 0.376 e. The molecule has 1 aromatic carbocycles. The molecule has 0 spiro atoms. The monoisotopic (exact) mass is 365 g/mol. The highest BCUT2D eigenvalue weighted by atomic mass is 16.5. The van der Waals surface area contributed by atoms with Gasteiger partial charge in [0.15, 0.2) is 0 Å². The van der Waals surface area contributed by atoms with Crippen molar-refractivity contribution in [2.75, 3.05) is 19.7 Å². The second-order valence-corrected chi connectivity index (χ2v) is 8.35. The van der Waals surface area contributed by atoms with Crippen LogP contribution < -0.4 is 5.32 Å². The van der Waals surface area contributed by atoms with E-state index in [1.165, 1.54) is 12.8 Å². The number of hydrogen-bond acceptors (Lipinski definition) is 4. The third-order valence-corrected chi connectivity index (χ3v) is 6.55. The minimum atomic E-state index is 0.0237. The molecule has 0 radical (unpaired) electrons. The molecule has 2 saturated heterocycles. The van der Waals surface area contributed by atoms with Gasteiger partial charge in [-0.05, 0) is 64.4 Å². The normalized spacial score (nSPS) is 30.3. The van der Waals surface area contributed by atoms with Gasteiger partial charge in [0.2, 0.25) is 0 Å². The molecule has 4 atom stereocenters. The van der Waals surface area contributed by atoms with Gasteiger partial charge in [-0.15, -0.1) is 0 Å². The summed E-state index contributed by atoms with van der Waals surface area (Å²) in [7, 11) is 0. The van der Waals surface area contributed by atoms with Crippen LogP contribution >= 0.6 is 0 Å². The molecule has 1 N–H and O–H groups in total. The standard InChI is InChI=1S/C22H27N3O2/c1-13-5-6-18-16(11-13)17(12-14(2)23-18)22(26)24-19-15-7-10-27-21(15)20(19)25-8-3-4-9-25/h5-6,11-12,15,19-21H,3-4,7-10H2,1-2H3,(H,24,26)/t15-,19+,20-,21-/m1/s1. The van der Waals surface area contributed by atoms with E-state index in [0.717, 1.165) is 53.8 Å². The minimum absolute atomic E-state index is 0.0237. The van der Waals surface area contributed by atoms with Crippen LogP contribution in [0.5, 0.6) is 0 Å². The first kappa shape index (κ1) is 17.1. The topological polar surface area (TPSA) is 54.5 Å². The van der Waals surface area contributed by atoms with Crippen LogP contribution in [0.4, 0.5) is 0 Å². The van der Waals surface area contributed by atoms with Crippen LogP contribution in [0, 0.1) is 19.8 Å². The molecule has 27 heavy (non-hydrogen) atoms. The predicted octanol–water partition coefficient (Wildman–Crippen LogP) is 2.83. The van der Waals surface area contributed by atoms with Gasteiger partial charge in [0, 0.05) is 23.6 Å². The van der Waals surface area contributed by atoms with E-state index in [-0.39, 0.29) is 11.9 Å². The molecular weight excluding hydrogens is 338 g/mol. The number of amides is 1. The molecule has 3 fully saturated rings. The third-order valence-electron chi connectivity index (χ3n) is 6.55. The second kappa shape index (κ2) is 6.57. The Kier molecular flexibility index (Phi) is 4.17. The van der Waals surface area contributed by atoms with Crippen LogP contribution in [0.2, 0.25) is 0 Å². The molecule has 0 bridgehead atoms. The average Bonchev–Trinajstić information content (AvgIpc) is 3.30. The van der Waals surface area contributed by atoms with Crippen LogP contribution in [-0.2, 0) is 4.74 Å². The highest BCUT2D eigenvalue weighted by molar-refractivity contribution is 6.06. The molecule has 3 heterocycles. The number of aromatic nitrogens is 1. The first-order valence-corrected chi connectivity index (χ1v) is 10.2. The van der Waals surface area contributed by atoms with E-state index in [1.807, 2.05) is 25.1 Å². The van der Waals surface area contributed by atoms with Crippen molar-refractivity contribution in [3.8, 4) is 0 Å². The number of nitrogens with one attached hydrogen (secondary N) is 1. The molecule has 1 saturated carbocycles. The van der Waals surface area contributed by atoms with Gasteiger partial charge in [0.05, 0.1) is 29.3 Å². The molecule has 142 valence electrons. The Labute approximate surface area is 160 Å². The average molecular weight is 365 g/mol. The maximum Gasteiger partial charge on any atom is 0.252 e. The van der Waals surface area contributed by atoms with Crippen molar-refractivity contribution in [2.45, 2.75) is 51.3 Å². The SMILES string of the molecule is Cc1ccc2nc(C)cc(C(=O)N[C@H]3[C@H]4CCO[C@H]4[C@@H]3N3CCCC3)c2c1. The van der Waals surface area contributed by atoms with Gasteiger partial charge >= 0.3 is 0 Å². The molecule has 5 heteroatoms. The maximum absolute atomic E-state index is 13.3. The Hall–Kier alpha value is -1.98. The minimum Gasteiger partial charge on any atom is -0.376 e. The number of rotatable bonds is 3. The Morgan fingerprint density at radius 3 is 2.85 bits per heavy atom. The van der Waals surface area contributed by atoms with Crippen LogP contribution in [0.25, 0.3) is 10.9 Å². The Morgan fingerprint density at radius 2 is 2.04 bits per heavy atom. The van der Waals surface area contributed by atoms with E-state index in [4.69, 9.17) is 4.74 Å². The van der Waals surface area contributed by atoms with Crippen molar-refractivity contribution in [1.29, 1.82) is 0 Å². The summed E-state index contributed by atoms with van der Waals surface area (Å²) < 4.78 is 6.00. The summed E-state index contributed by atoms with van der Waals surface area (Å²) in [5.74, 6) is 0.478. The number of fused-ring (bicyclic) bond motifs is 2. The molecule has 5 rings (SSSR count). The maximum atomic E-state index is 13.3. The lowest BCUT2D eigenvalue weighted by atomic mass is 9.70. The number of likely N-dealkylation sites (tertiary alicyclic amines) is 1. The summed E-state index contributed by atoms with van der Waals surface area (Å²) in [4.78, 5) is 20.4. The zero-order chi connectivity index (χ0) is 18.5. The van der Waals surface area contributed by atoms with Gasteiger partial charge in [0.1, 0.15) is 0 Å². The lowest BCUT2D eigenvalue weighted by Crippen LogP contribution is -2.70. The Bertz CT molecular complexity index is 886. The molecular formula is C22H27N3O2. The van der Waals surface area contributed by atoms with Crippen molar-refractivity contribution in [3.05, 3.63) is 41.1 Å². The molecule has 3 aliphatic rings. The quantitative estimate of drug-likeness (QED) is 0.909. The number of nitrogens with zero attached hydrogens (tertiary/aromatic N) is 2. The van der Waals surface area contributed by atoms with E-state index in [1.54, 1.807) is 0 Å². The molecule has 0 unspecified atom stereocenters. The number of carbonyl (C=O) groups excluding carboxylic acids is 1. The number of pyridine rings is 1. The van der Waals surface area contributed by atoms with Gasteiger partial charge < -0.3 is 10.1 Å². The van der Waals surface area contributed by atoms with E-state index >= 15 is 0 Å². The van der Waals surface area contributed by atoms with Crippen molar-refractivity contribution < 1.29 is 9.53 Å². The highest BCUT2D eigenvalue weighted by Crippen LogP contribution is 2.43. The fraction of sp³-hybridized carbons (Fsp3) is 0.545. The third kappa shape index (κ3) is 2.84. The van der Waals surface area contributed by atoms with E-state index < -0.39 is 0 Å². The van der Waals surface area contributed by atoms with Crippen LogP contribution in [0.1, 0.15) is 40.9 Å². The molecule has 1 amide bonds. The second-order valence-electron chi connectivity index (χ2n) is 8.35. The number of hydrogen-bond donors (Lipinski definition) is 1. The first-order valence-electron chi connectivity index (χ1n) is 10.2. The van der Waals surface area contributed by atoms with E-state index in [2.05, 4.69) is 28.2 Å². The summed E-state index contributed by atoms with van der Waals surface area (Å²) in [5.41, 5.74) is 3.65. The molecule has 1 aromatic heterocycles. The fourth-order valence-electron chi connectivity index (χ4n) is 5.23. The fourth-order valence-corrected chi connectivity index (χ4v) is 5.23. The van der Waals surface area contributed by atoms with Crippen LogP contribution in [-0.4, -0.2) is 53.7 Å². The van der Waals surface area contributed by atoms with Crippen molar-refractivity contribution >= 4 is 16.8 Å². The Morgan fingerprint density at radius 1 is 1.22 bits per heavy atom. The van der Waals surface area contributed by atoms with Gasteiger partial charge in [0.25, 0.3) is 5.91 Å². The summed E-state index contributed by atoms with van der Waals surface area (Å²) in [6.45, 7) is 7.08. The van der Waals surface area contributed by atoms with E-state index in [9.17, 15) is 4.79 Å².